The Hall–Kier alpha value is -2.13. The smallest absolute Gasteiger partial charge is 0.339 e. The summed E-state index contributed by atoms with van der Waals surface area (Å²) in [5.74, 6) is -3.05. The number of rotatable bonds is 5. The van der Waals surface area contributed by atoms with E-state index in [0.29, 0.717) is 0 Å². The van der Waals surface area contributed by atoms with Gasteiger partial charge in [-0.05, 0) is 36.8 Å². The van der Waals surface area contributed by atoms with Gasteiger partial charge in [0.15, 0.2) is 11.6 Å². The largest absolute Gasteiger partial charge is 0.490 e. The van der Waals surface area contributed by atoms with Crippen LogP contribution in [0.1, 0.15) is 16.8 Å². The lowest BCUT2D eigenvalue weighted by atomic mass is 9.89. The predicted molar refractivity (Wildman–Crippen MR) is 103 cm³/mol. The van der Waals surface area contributed by atoms with Crippen molar-refractivity contribution in [1.82, 2.24) is 0 Å². The standard InChI is InChI=1S/C19H17Cl2F2NO5/c20-10-1-2-15(12(5-10)18(26)27)29-9-19(28)3-4-24(8-16(19)25)17-13(22)6-11(21)7-14(17)23/h1-2,5-7,16,25,28H,3-4,8-9H2,(H,26,27)/t16-,19-/m1/s1. The molecule has 0 amide bonds. The summed E-state index contributed by atoms with van der Waals surface area (Å²) in [7, 11) is 0. The van der Waals surface area contributed by atoms with E-state index in [4.69, 9.17) is 27.9 Å². The number of hydrogen-bond donors (Lipinski definition) is 3. The van der Waals surface area contributed by atoms with Crippen LogP contribution >= 0.6 is 23.2 Å². The number of ether oxygens (including phenoxy) is 1. The Kier molecular flexibility index (Phi) is 6.19. The van der Waals surface area contributed by atoms with Crippen molar-refractivity contribution in [2.75, 3.05) is 24.6 Å². The number of benzene rings is 2. The summed E-state index contributed by atoms with van der Waals surface area (Å²) in [4.78, 5) is 12.6. The molecule has 1 aliphatic heterocycles. The molecule has 0 unspecified atom stereocenters. The molecule has 0 radical (unpaired) electrons. The van der Waals surface area contributed by atoms with Crippen LogP contribution in [0.2, 0.25) is 10.0 Å². The van der Waals surface area contributed by atoms with Crippen molar-refractivity contribution < 1.29 is 33.6 Å². The Bertz CT molecular complexity index is 922. The zero-order valence-corrected chi connectivity index (χ0v) is 16.4. The van der Waals surface area contributed by atoms with E-state index >= 15 is 0 Å². The molecule has 3 N–H and O–H groups in total. The fourth-order valence-electron chi connectivity index (χ4n) is 3.17. The maximum Gasteiger partial charge on any atom is 0.339 e. The first-order valence-corrected chi connectivity index (χ1v) is 9.32. The molecule has 156 valence electrons. The zero-order valence-electron chi connectivity index (χ0n) is 14.9. The van der Waals surface area contributed by atoms with Crippen LogP contribution in [0.3, 0.4) is 0 Å². The minimum absolute atomic E-state index is 0.0266. The van der Waals surface area contributed by atoms with Crippen LogP contribution < -0.4 is 9.64 Å². The first kappa shape index (κ1) is 21.6. The molecule has 2 aromatic rings. The molecule has 29 heavy (non-hydrogen) atoms. The van der Waals surface area contributed by atoms with Crippen molar-refractivity contribution in [2.24, 2.45) is 0 Å². The molecule has 2 atom stereocenters. The van der Waals surface area contributed by atoms with Gasteiger partial charge in [0, 0.05) is 23.1 Å². The Labute approximate surface area is 174 Å². The Morgan fingerprint density at radius 3 is 2.45 bits per heavy atom. The third-order valence-corrected chi connectivity index (χ3v) is 5.23. The van der Waals surface area contributed by atoms with Gasteiger partial charge in [-0.1, -0.05) is 23.2 Å². The Morgan fingerprint density at radius 2 is 1.86 bits per heavy atom. The minimum Gasteiger partial charge on any atom is -0.490 e. The molecular formula is C19H17Cl2F2NO5. The molecule has 3 rings (SSSR count). The van der Waals surface area contributed by atoms with Crippen molar-refractivity contribution in [1.29, 1.82) is 0 Å². The number of hydrogen-bond acceptors (Lipinski definition) is 5. The highest BCUT2D eigenvalue weighted by Gasteiger charge is 2.42. The number of carbonyl (C=O) groups is 1. The van der Waals surface area contributed by atoms with Gasteiger partial charge < -0.3 is 25.0 Å². The molecule has 6 nitrogen and oxygen atoms in total. The summed E-state index contributed by atoms with van der Waals surface area (Å²) >= 11 is 11.4. The molecule has 0 spiro atoms. The van der Waals surface area contributed by atoms with Crippen molar-refractivity contribution >= 4 is 34.9 Å². The number of β-amino-alcohol motifs (C(OH)–C–C–N with tert-alkyl or cyclic N) is 1. The number of aliphatic hydroxyl groups excluding tert-OH is 1. The second kappa shape index (κ2) is 8.31. The molecule has 1 aliphatic rings. The van der Waals surface area contributed by atoms with Crippen LogP contribution in [0.15, 0.2) is 30.3 Å². The van der Waals surface area contributed by atoms with Gasteiger partial charge in [-0.2, -0.15) is 0 Å². The SMILES string of the molecule is O=C(O)c1cc(Cl)ccc1OC[C@]1(O)CCN(c2c(F)cc(Cl)cc2F)C[C@H]1O. The fourth-order valence-corrected chi connectivity index (χ4v) is 3.53. The Morgan fingerprint density at radius 1 is 1.21 bits per heavy atom. The molecule has 1 heterocycles. The number of aliphatic hydroxyl groups is 2. The lowest BCUT2D eigenvalue weighted by molar-refractivity contribution is -0.109. The zero-order chi connectivity index (χ0) is 21.3. The molecular weight excluding hydrogens is 431 g/mol. The fraction of sp³-hybridized carbons (Fsp3) is 0.316. The third-order valence-electron chi connectivity index (χ3n) is 4.78. The highest BCUT2D eigenvalue weighted by atomic mass is 35.5. The number of carboxylic acid groups (broad SMARTS) is 1. The quantitative estimate of drug-likeness (QED) is 0.650. The van der Waals surface area contributed by atoms with Crippen LogP contribution in [0.4, 0.5) is 14.5 Å². The predicted octanol–water partition coefficient (Wildman–Crippen LogP) is 3.35. The van der Waals surface area contributed by atoms with Crippen molar-refractivity contribution in [3.8, 4) is 5.75 Å². The number of carboxylic acids is 1. The lowest BCUT2D eigenvalue weighted by Crippen LogP contribution is -2.58. The molecule has 0 aliphatic carbocycles. The number of piperidine rings is 1. The molecule has 2 aromatic carbocycles. The van der Waals surface area contributed by atoms with Gasteiger partial charge in [-0.25, -0.2) is 13.6 Å². The number of aromatic carboxylic acids is 1. The van der Waals surface area contributed by atoms with Gasteiger partial charge in [0.25, 0.3) is 0 Å². The van der Waals surface area contributed by atoms with E-state index in [0.717, 1.165) is 12.1 Å². The van der Waals surface area contributed by atoms with E-state index in [1.807, 2.05) is 0 Å². The van der Waals surface area contributed by atoms with E-state index in [2.05, 4.69) is 0 Å². The molecule has 1 saturated heterocycles. The highest BCUT2D eigenvalue weighted by molar-refractivity contribution is 6.31. The maximum absolute atomic E-state index is 14.1. The van der Waals surface area contributed by atoms with Crippen LogP contribution in [0, 0.1) is 11.6 Å². The highest BCUT2D eigenvalue weighted by Crippen LogP contribution is 2.33. The molecule has 10 heteroatoms. The van der Waals surface area contributed by atoms with Crippen LogP contribution in [-0.2, 0) is 0 Å². The third kappa shape index (κ3) is 4.56. The van der Waals surface area contributed by atoms with E-state index in [-0.39, 0.29) is 46.6 Å². The summed E-state index contributed by atoms with van der Waals surface area (Å²) in [5, 5.41) is 30.5. The summed E-state index contributed by atoms with van der Waals surface area (Å²) in [6.45, 7) is -0.657. The van der Waals surface area contributed by atoms with Crippen molar-refractivity contribution in [3.05, 3.63) is 57.6 Å². The van der Waals surface area contributed by atoms with Gasteiger partial charge in [-0.3, -0.25) is 0 Å². The number of nitrogens with zero attached hydrogens (tertiary/aromatic N) is 1. The molecule has 0 aromatic heterocycles. The van der Waals surface area contributed by atoms with Crippen LogP contribution in [-0.4, -0.2) is 52.7 Å². The summed E-state index contributed by atoms with van der Waals surface area (Å²) in [6.07, 6.45) is -1.49. The second-order valence-electron chi connectivity index (χ2n) is 6.77. The van der Waals surface area contributed by atoms with E-state index in [9.17, 15) is 28.9 Å². The van der Waals surface area contributed by atoms with Crippen molar-refractivity contribution in [2.45, 2.75) is 18.1 Å². The molecule has 0 bridgehead atoms. The number of halogens is 4. The monoisotopic (exact) mass is 447 g/mol. The molecule has 1 fully saturated rings. The summed E-state index contributed by atoms with van der Waals surface area (Å²) < 4.78 is 33.7. The summed E-state index contributed by atoms with van der Waals surface area (Å²) in [6, 6.07) is 5.90. The minimum atomic E-state index is -1.74. The van der Waals surface area contributed by atoms with E-state index in [1.165, 1.54) is 23.1 Å². The van der Waals surface area contributed by atoms with Gasteiger partial charge in [0.2, 0.25) is 0 Å². The lowest BCUT2D eigenvalue weighted by Gasteiger charge is -2.42. The number of anilines is 1. The van der Waals surface area contributed by atoms with E-state index < -0.39 is 35.9 Å². The summed E-state index contributed by atoms with van der Waals surface area (Å²) in [5.41, 5.74) is -2.29. The molecule has 0 saturated carbocycles. The average Bonchev–Trinajstić information content (AvgIpc) is 2.63. The Balaban J connectivity index is 1.73. The van der Waals surface area contributed by atoms with Gasteiger partial charge in [0.1, 0.15) is 35.3 Å². The van der Waals surface area contributed by atoms with Crippen molar-refractivity contribution in [3.63, 3.8) is 0 Å². The first-order chi connectivity index (χ1) is 13.6. The second-order valence-corrected chi connectivity index (χ2v) is 7.64. The maximum atomic E-state index is 14.1. The average molecular weight is 448 g/mol. The first-order valence-electron chi connectivity index (χ1n) is 8.56. The van der Waals surface area contributed by atoms with Gasteiger partial charge >= 0.3 is 5.97 Å². The normalized spacial score (nSPS) is 21.9. The topological polar surface area (TPSA) is 90.2 Å². The van der Waals surface area contributed by atoms with Crippen LogP contribution in [0.25, 0.3) is 0 Å². The van der Waals surface area contributed by atoms with Gasteiger partial charge in [-0.15, -0.1) is 0 Å². The van der Waals surface area contributed by atoms with Gasteiger partial charge in [0.05, 0.1) is 0 Å². The van der Waals surface area contributed by atoms with E-state index in [1.54, 1.807) is 0 Å². The van der Waals surface area contributed by atoms with Crippen LogP contribution in [0.5, 0.6) is 5.75 Å².